The second kappa shape index (κ2) is 4.69. The van der Waals surface area contributed by atoms with E-state index in [0.29, 0.717) is 18.9 Å². The Kier molecular flexibility index (Phi) is 3.40. The van der Waals surface area contributed by atoms with Crippen molar-refractivity contribution in [3.8, 4) is 0 Å². The molecule has 2 heterocycles. The summed E-state index contributed by atoms with van der Waals surface area (Å²) in [5.41, 5.74) is 0. The lowest BCUT2D eigenvalue weighted by Crippen LogP contribution is -2.58. The highest BCUT2D eigenvalue weighted by molar-refractivity contribution is 7.89. The molecule has 5 nitrogen and oxygen atoms in total. The first kappa shape index (κ1) is 13.8. The number of hydrogen-bond acceptors (Lipinski definition) is 4. The Labute approximate surface area is 115 Å². The largest absolute Gasteiger partial charge is 0.389 e. The molecule has 0 amide bonds. The van der Waals surface area contributed by atoms with Crippen LogP contribution < -0.4 is 0 Å². The minimum Gasteiger partial charge on any atom is -0.389 e. The van der Waals surface area contributed by atoms with Gasteiger partial charge in [-0.1, -0.05) is 20.3 Å². The molecule has 19 heavy (non-hydrogen) atoms. The standard InChI is InChI=1S/C13H23NO4S/c1-8(2)11-6-9-7-18-13(12(11)15)14(9)19(16,17)10-4-3-5-10/h8-13,15H,3-7H2,1-2H3/t9-,11-,12-,13-/m0/s1. The van der Waals surface area contributed by atoms with Crippen LogP contribution in [0.1, 0.15) is 39.5 Å². The third kappa shape index (κ3) is 2.04. The monoisotopic (exact) mass is 289 g/mol. The number of ether oxygens (including phenoxy) is 1. The summed E-state index contributed by atoms with van der Waals surface area (Å²) in [5.74, 6) is 0.473. The average molecular weight is 289 g/mol. The smallest absolute Gasteiger partial charge is 0.219 e. The highest BCUT2D eigenvalue weighted by Gasteiger charge is 2.55. The van der Waals surface area contributed by atoms with E-state index in [-0.39, 0.29) is 17.2 Å². The molecule has 110 valence electrons. The molecule has 0 spiro atoms. The van der Waals surface area contributed by atoms with Gasteiger partial charge in [0.25, 0.3) is 0 Å². The molecular formula is C13H23NO4S. The van der Waals surface area contributed by atoms with E-state index >= 15 is 0 Å². The number of hydrogen-bond donors (Lipinski definition) is 1. The molecule has 1 N–H and O–H groups in total. The Hall–Kier alpha value is -0.170. The van der Waals surface area contributed by atoms with Crippen LogP contribution in [-0.4, -0.2) is 48.1 Å². The summed E-state index contributed by atoms with van der Waals surface area (Å²) in [4.78, 5) is 0. The van der Waals surface area contributed by atoms with Crippen molar-refractivity contribution in [1.82, 2.24) is 4.31 Å². The molecule has 0 aromatic carbocycles. The molecule has 2 aliphatic heterocycles. The molecule has 1 saturated carbocycles. The zero-order valence-electron chi connectivity index (χ0n) is 11.5. The van der Waals surface area contributed by atoms with Crippen molar-refractivity contribution in [2.45, 2.75) is 63.2 Å². The Bertz CT molecular complexity index is 446. The number of rotatable bonds is 3. The molecule has 3 aliphatic rings. The molecule has 2 bridgehead atoms. The zero-order valence-corrected chi connectivity index (χ0v) is 12.3. The van der Waals surface area contributed by atoms with Crippen LogP contribution in [0.4, 0.5) is 0 Å². The van der Waals surface area contributed by atoms with Crippen LogP contribution in [-0.2, 0) is 14.8 Å². The lowest BCUT2D eigenvalue weighted by molar-refractivity contribution is -0.0881. The van der Waals surface area contributed by atoms with Gasteiger partial charge in [-0.3, -0.25) is 0 Å². The van der Waals surface area contributed by atoms with Crippen LogP contribution in [0.3, 0.4) is 0 Å². The number of aliphatic hydroxyl groups excluding tert-OH is 1. The van der Waals surface area contributed by atoms with Crippen molar-refractivity contribution in [2.75, 3.05) is 6.61 Å². The molecule has 3 fully saturated rings. The zero-order chi connectivity index (χ0) is 13.8. The summed E-state index contributed by atoms with van der Waals surface area (Å²) in [6, 6.07) is -0.0774. The fraction of sp³-hybridized carbons (Fsp3) is 1.00. The maximum Gasteiger partial charge on any atom is 0.219 e. The molecule has 4 atom stereocenters. The normalized spacial score (nSPS) is 40.6. The Morgan fingerprint density at radius 3 is 2.53 bits per heavy atom. The highest BCUT2D eigenvalue weighted by atomic mass is 32.2. The van der Waals surface area contributed by atoms with Gasteiger partial charge in [-0.2, -0.15) is 4.31 Å². The Balaban J connectivity index is 1.86. The summed E-state index contributed by atoms with van der Waals surface area (Å²) in [6.07, 6.45) is 1.85. The first-order valence-electron chi connectivity index (χ1n) is 7.25. The van der Waals surface area contributed by atoms with Crippen LogP contribution in [0.5, 0.6) is 0 Å². The lowest BCUT2D eigenvalue weighted by Gasteiger charge is -2.43. The van der Waals surface area contributed by atoms with Crippen LogP contribution >= 0.6 is 0 Å². The highest BCUT2D eigenvalue weighted by Crippen LogP contribution is 2.42. The van der Waals surface area contributed by atoms with Gasteiger partial charge >= 0.3 is 0 Å². The molecule has 2 saturated heterocycles. The minimum absolute atomic E-state index is 0.0774. The van der Waals surface area contributed by atoms with Crippen molar-refractivity contribution in [1.29, 1.82) is 0 Å². The van der Waals surface area contributed by atoms with E-state index in [4.69, 9.17) is 4.74 Å². The topological polar surface area (TPSA) is 66.8 Å². The van der Waals surface area contributed by atoms with Crippen molar-refractivity contribution in [3.63, 3.8) is 0 Å². The van der Waals surface area contributed by atoms with E-state index in [9.17, 15) is 13.5 Å². The Morgan fingerprint density at radius 2 is 2.00 bits per heavy atom. The number of aliphatic hydroxyl groups is 1. The van der Waals surface area contributed by atoms with Gasteiger partial charge in [-0.25, -0.2) is 8.42 Å². The minimum atomic E-state index is -3.29. The second-order valence-electron chi connectivity index (χ2n) is 6.44. The predicted octanol–water partition coefficient (Wildman–Crippen LogP) is 0.932. The van der Waals surface area contributed by atoms with Gasteiger partial charge in [0.1, 0.15) is 6.23 Å². The van der Waals surface area contributed by atoms with Gasteiger partial charge < -0.3 is 9.84 Å². The fourth-order valence-electron chi connectivity index (χ4n) is 3.51. The maximum atomic E-state index is 12.6. The summed E-state index contributed by atoms with van der Waals surface area (Å²) in [5, 5.41) is 10.2. The molecule has 0 aromatic heterocycles. The predicted molar refractivity (Wildman–Crippen MR) is 70.9 cm³/mol. The van der Waals surface area contributed by atoms with Gasteiger partial charge in [0, 0.05) is 0 Å². The van der Waals surface area contributed by atoms with E-state index in [1.54, 1.807) is 0 Å². The van der Waals surface area contributed by atoms with Gasteiger partial charge in [0.15, 0.2) is 0 Å². The maximum absolute atomic E-state index is 12.6. The van der Waals surface area contributed by atoms with Crippen LogP contribution in [0.25, 0.3) is 0 Å². The fourth-order valence-corrected chi connectivity index (χ4v) is 5.82. The summed E-state index contributed by atoms with van der Waals surface area (Å²) < 4.78 is 32.2. The average Bonchev–Trinajstić information content (AvgIpc) is 2.58. The number of fused-ring (bicyclic) bond motifs is 2. The van der Waals surface area contributed by atoms with E-state index in [1.807, 2.05) is 0 Å². The third-order valence-corrected chi connectivity index (χ3v) is 7.38. The quantitative estimate of drug-likeness (QED) is 0.839. The summed E-state index contributed by atoms with van der Waals surface area (Å²) in [6.45, 7) is 4.57. The molecule has 6 heteroatoms. The number of sulfonamides is 1. The van der Waals surface area contributed by atoms with Crippen LogP contribution in [0.15, 0.2) is 0 Å². The first-order chi connectivity index (χ1) is 8.93. The lowest BCUT2D eigenvalue weighted by atomic mass is 9.82. The van der Waals surface area contributed by atoms with E-state index < -0.39 is 22.4 Å². The van der Waals surface area contributed by atoms with E-state index in [1.165, 1.54) is 4.31 Å². The van der Waals surface area contributed by atoms with Crippen molar-refractivity contribution < 1.29 is 18.3 Å². The van der Waals surface area contributed by atoms with Gasteiger partial charge in [0.05, 0.1) is 24.0 Å². The Morgan fingerprint density at radius 1 is 1.32 bits per heavy atom. The van der Waals surface area contributed by atoms with Gasteiger partial charge in [-0.15, -0.1) is 0 Å². The van der Waals surface area contributed by atoms with Gasteiger partial charge in [0.2, 0.25) is 10.0 Å². The van der Waals surface area contributed by atoms with Crippen molar-refractivity contribution in [2.24, 2.45) is 11.8 Å². The van der Waals surface area contributed by atoms with E-state index in [0.717, 1.165) is 19.3 Å². The number of piperidine rings is 1. The van der Waals surface area contributed by atoms with Crippen molar-refractivity contribution in [3.05, 3.63) is 0 Å². The third-order valence-electron chi connectivity index (χ3n) is 4.97. The molecule has 1 aliphatic carbocycles. The molecule has 0 aromatic rings. The summed E-state index contributed by atoms with van der Waals surface area (Å²) >= 11 is 0. The molecule has 0 unspecified atom stereocenters. The second-order valence-corrected chi connectivity index (χ2v) is 8.56. The number of nitrogens with zero attached hydrogens (tertiary/aromatic N) is 1. The van der Waals surface area contributed by atoms with Crippen LogP contribution in [0, 0.1) is 11.8 Å². The first-order valence-corrected chi connectivity index (χ1v) is 8.75. The van der Waals surface area contributed by atoms with Crippen LogP contribution in [0.2, 0.25) is 0 Å². The summed E-state index contributed by atoms with van der Waals surface area (Å²) in [7, 11) is -3.29. The SMILES string of the molecule is CC(C)[C@@H]1C[C@H]2CO[C@@H]([C@H]1O)N2S(=O)(=O)C1CCC1. The molecule has 3 rings (SSSR count). The molecule has 0 radical (unpaired) electrons. The van der Waals surface area contributed by atoms with Gasteiger partial charge in [-0.05, 0) is 31.1 Å². The van der Waals surface area contributed by atoms with E-state index in [2.05, 4.69) is 13.8 Å². The molecular weight excluding hydrogens is 266 g/mol. The van der Waals surface area contributed by atoms with Crippen molar-refractivity contribution >= 4 is 10.0 Å².